The summed E-state index contributed by atoms with van der Waals surface area (Å²) in [6, 6.07) is 0.124. The summed E-state index contributed by atoms with van der Waals surface area (Å²) < 4.78 is 16.0. The number of amides is 2. The topological polar surface area (TPSA) is 83.4 Å². The van der Waals surface area contributed by atoms with Gasteiger partial charge in [0.15, 0.2) is 11.5 Å². The minimum Gasteiger partial charge on any atom is -0.347 e. The van der Waals surface area contributed by atoms with E-state index in [-0.39, 0.29) is 18.0 Å². The van der Waals surface area contributed by atoms with Crippen LogP contribution in [-0.4, -0.2) is 74.3 Å². The first-order valence-electron chi connectivity index (χ1n) is 9.51. The molecule has 1 aromatic rings. The predicted molar refractivity (Wildman–Crippen MR) is 89.1 cm³/mol. The summed E-state index contributed by atoms with van der Waals surface area (Å²) in [5.74, 6) is 0.485. The lowest BCUT2D eigenvalue weighted by Crippen LogP contribution is -2.55. The van der Waals surface area contributed by atoms with Gasteiger partial charge in [-0.15, -0.1) is 10.2 Å². The normalized spacial score (nSPS) is 27.3. The molecule has 5 rings (SSSR count). The SMILES string of the molecule is O=C(NC1CCC1)c1nnc2n1CCN1CCN(C(=O)C3(F)CC3)C[C@H]21. The molecule has 3 heterocycles. The number of nitrogens with one attached hydrogen (secondary N) is 1. The van der Waals surface area contributed by atoms with Crippen molar-refractivity contribution >= 4 is 11.8 Å². The van der Waals surface area contributed by atoms with Gasteiger partial charge < -0.3 is 14.8 Å². The minimum atomic E-state index is -1.64. The third-order valence-electron chi connectivity index (χ3n) is 6.18. The van der Waals surface area contributed by atoms with E-state index in [9.17, 15) is 14.0 Å². The van der Waals surface area contributed by atoms with Crippen LogP contribution < -0.4 is 5.32 Å². The third kappa shape index (κ3) is 2.52. The maximum Gasteiger partial charge on any atom is 0.289 e. The molecule has 2 amide bonds. The number of carbonyl (C=O) groups excluding carboxylic acids is 2. The molecule has 2 aliphatic heterocycles. The van der Waals surface area contributed by atoms with E-state index in [4.69, 9.17) is 0 Å². The molecule has 0 spiro atoms. The van der Waals surface area contributed by atoms with E-state index in [2.05, 4.69) is 20.4 Å². The van der Waals surface area contributed by atoms with Crippen molar-refractivity contribution in [3.05, 3.63) is 11.6 Å². The van der Waals surface area contributed by atoms with Crippen LogP contribution in [0.3, 0.4) is 0 Å². The molecule has 1 atom stereocenters. The van der Waals surface area contributed by atoms with Gasteiger partial charge >= 0.3 is 0 Å². The summed E-state index contributed by atoms with van der Waals surface area (Å²) in [5, 5.41) is 11.4. The number of halogens is 1. The van der Waals surface area contributed by atoms with Gasteiger partial charge in [-0.05, 0) is 32.1 Å². The number of carbonyl (C=O) groups is 2. The van der Waals surface area contributed by atoms with E-state index < -0.39 is 11.6 Å². The second kappa shape index (κ2) is 5.73. The zero-order valence-corrected chi connectivity index (χ0v) is 14.7. The number of nitrogens with zero attached hydrogens (tertiary/aromatic N) is 5. The van der Waals surface area contributed by atoms with E-state index in [1.807, 2.05) is 4.57 Å². The summed E-state index contributed by atoms with van der Waals surface area (Å²) in [6.45, 7) is 3.09. The second-order valence-electron chi connectivity index (χ2n) is 7.90. The van der Waals surface area contributed by atoms with E-state index in [0.717, 1.165) is 25.8 Å². The van der Waals surface area contributed by atoms with Crippen LogP contribution >= 0.6 is 0 Å². The molecule has 1 aromatic heterocycles. The Hall–Kier alpha value is -2.03. The number of aromatic nitrogens is 3. The van der Waals surface area contributed by atoms with Crippen LogP contribution in [0.25, 0.3) is 0 Å². The fourth-order valence-electron chi connectivity index (χ4n) is 4.11. The summed E-state index contributed by atoms with van der Waals surface area (Å²) >= 11 is 0. The first-order valence-corrected chi connectivity index (χ1v) is 9.51. The largest absolute Gasteiger partial charge is 0.347 e. The van der Waals surface area contributed by atoms with Gasteiger partial charge in [0.25, 0.3) is 11.8 Å². The van der Waals surface area contributed by atoms with Crippen molar-refractivity contribution in [1.29, 1.82) is 0 Å². The Labute approximate surface area is 150 Å². The van der Waals surface area contributed by atoms with Crippen LogP contribution in [0.15, 0.2) is 0 Å². The quantitative estimate of drug-likeness (QED) is 0.834. The molecule has 8 nitrogen and oxygen atoms in total. The van der Waals surface area contributed by atoms with E-state index in [1.54, 1.807) is 4.90 Å². The van der Waals surface area contributed by atoms with Crippen molar-refractivity contribution in [2.45, 2.75) is 56.4 Å². The monoisotopic (exact) mass is 362 g/mol. The first kappa shape index (κ1) is 16.2. The summed E-state index contributed by atoms with van der Waals surface area (Å²) in [5.41, 5.74) is -1.64. The first-order chi connectivity index (χ1) is 12.5. The van der Waals surface area contributed by atoms with Crippen LogP contribution in [0.2, 0.25) is 0 Å². The maximum atomic E-state index is 14.2. The highest BCUT2D eigenvalue weighted by Crippen LogP contribution is 2.42. The van der Waals surface area contributed by atoms with E-state index >= 15 is 0 Å². The van der Waals surface area contributed by atoms with Crippen LogP contribution in [0.4, 0.5) is 4.39 Å². The van der Waals surface area contributed by atoms with Crippen molar-refractivity contribution in [2.24, 2.45) is 0 Å². The molecule has 9 heteroatoms. The molecular weight excluding hydrogens is 339 g/mol. The fraction of sp³-hybridized carbons (Fsp3) is 0.765. The Morgan fingerprint density at radius 3 is 2.58 bits per heavy atom. The molecule has 3 fully saturated rings. The van der Waals surface area contributed by atoms with Crippen molar-refractivity contribution in [1.82, 2.24) is 29.9 Å². The highest BCUT2D eigenvalue weighted by Gasteiger charge is 2.54. The zero-order valence-electron chi connectivity index (χ0n) is 14.7. The van der Waals surface area contributed by atoms with Gasteiger partial charge in [-0.3, -0.25) is 14.5 Å². The summed E-state index contributed by atoms with van der Waals surface area (Å²) in [4.78, 5) is 28.7. The molecule has 2 saturated carbocycles. The number of alkyl halides is 1. The predicted octanol–water partition coefficient (Wildman–Crippen LogP) is 0.261. The molecule has 1 N–H and O–H groups in total. The second-order valence-corrected chi connectivity index (χ2v) is 7.90. The Bertz CT molecular complexity index is 756. The molecule has 4 aliphatic rings. The summed E-state index contributed by atoms with van der Waals surface area (Å²) in [6.07, 6.45) is 3.85. The highest BCUT2D eigenvalue weighted by atomic mass is 19.1. The van der Waals surface area contributed by atoms with E-state index in [0.29, 0.717) is 50.7 Å². The van der Waals surface area contributed by atoms with Gasteiger partial charge in [0.05, 0.1) is 6.04 Å². The molecular formula is C17H23FN6O2. The van der Waals surface area contributed by atoms with Crippen molar-refractivity contribution in [2.75, 3.05) is 26.2 Å². The number of rotatable bonds is 3. The van der Waals surface area contributed by atoms with Gasteiger partial charge in [0, 0.05) is 38.8 Å². The van der Waals surface area contributed by atoms with Crippen molar-refractivity contribution < 1.29 is 14.0 Å². The number of hydrogen-bond acceptors (Lipinski definition) is 5. The third-order valence-corrected chi connectivity index (χ3v) is 6.18. The summed E-state index contributed by atoms with van der Waals surface area (Å²) in [7, 11) is 0. The van der Waals surface area contributed by atoms with Crippen LogP contribution in [-0.2, 0) is 11.3 Å². The Morgan fingerprint density at radius 2 is 1.88 bits per heavy atom. The molecule has 1 saturated heterocycles. The molecule has 2 aliphatic carbocycles. The zero-order chi connectivity index (χ0) is 17.9. The lowest BCUT2D eigenvalue weighted by atomic mass is 9.93. The molecule has 0 radical (unpaired) electrons. The lowest BCUT2D eigenvalue weighted by molar-refractivity contribution is -0.141. The smallest absolute Gasteiger partial charge is 0.289 e. The van der Waals surface area contributed by atoms with Crippen molar-refractivity contribution in [3.63, 3.8) is 0 Å². The van der Waals surface area contributed by atoms with Gasteiger partial charge in [-0.25, -0.2) is 4.39 Å². The minimum absolute atomic E-state index is 0.124. The average Bonchev–Trinajstić information content (AvgIpc) is 3.21. The van der Waals surface area contributed by atoms with Gasteiger partial charge in [-0.2, -0.15) is 0 Å². The molecule has 0 aromatic carbocycles. The Balaban J connectivity index is 1.35. The number of hydrogen-bond donors (Lipinski definition) is 1. The Morgan fingerprint density at radius 1 is 1.12 bits per heavy atom. The fourth-order valence-corrected chi connectivity index (χ4v) is 4.11. The maximum absolute atomic E-state index is 14.2. The van der Waals surface area contributed by atoms with Gasteiger partial charge in [0.1, 0.15) is 0 Å². The highest BCUT2D eigenvalue weighted by molar-refractivity contribution is 5.91. The Kier molecular flexibility index (Phi) is 3.57. The van der Waals surface area contributed by atoms with E-state index in [1.165, 1.54) is 0 Å². The van der Waals surface area contributed by atoms with Crippen LogP contribution in [0.5, 0.6) is 0 Å². The molecule has 140 valence electrons. The van der Waals surface area contributed by atoms with Gasteiger partial charge in [0.2, 0.25) is 5.82 Å². The number of piperazine rings is 1. The van der Waals surface area contributed by atoms with Gasteiger partial charge in [-0.1, -0.05) is 0 Å². The average molecular weight is 362 g/mol. The standard InChI is InChI=1S/C17H23FN6O2/c18-17(4-5-17)16(26)23-7-6-22-8-9-24-13(12(22)10-23)20-21-14(24)15(25)19-11-2-1-3-11/h11-12H,1-10H2,(H,19,25)/t12-/m1/s1. The van der Waals surface area contributed by atoms with Crippen molar-refractivity contribution in [3.8, 4) is 0 Å². The van der Waals surface area contributed by atoms with Crippen LogP contribution in [0.1, 0.15) is 54.6 Å². The molecule has 0 bridgehead atoms. The molecule has 26 heavy (non-hydrogen) atoms. The number of fused-ring (bicyclic) bond motifs is 3. The lowest BCUT2D eigenvalue weighted by Gasteiger charge is -2.43. The van der Waals surface area contributed by atoms with Crippen LogP contribution in [0, 0.1) is 0 Å². The molecule has 0 unspecified atom stereocenters.